The van der Waals surface area contributed by atoms with Crippen molar-refractivity contribution in [1.82, 2.24) is 14.5 Å². The number of rotatable bonds is 10. The van der Waals surface area contributed by atoms with Crippen LogP contribution in [0.3, 0.4) is 0 Å². The third-order valence-corrected chi connectivity index (χ3v) is 7.30. The van der Waals surface area contributed by atoms with Crippen molar-refractivity contribution in [2.45, 2.75) is 39.3 Å². The zero-order valence-electron chi connectivity index (χ0n) is 25.6. The summed E-state index contributed by atoms with van der Waals surface area (Å²) in [6.07, 6.45) is 5.76. The van der Waals surface area contributed by atoms with Crippen LogP contribution < -0.4 is 20.2 Å². The third kappa shape index (κ3) is 6.52. The van der Waals surface area contributed by atoms with E-state index in [1.807, 2.05) is 11.5 Å². The van der Waals surface area contributed by atoms with Crippen molar-refractivity contribution in [3.05, 3.63) is 113 Å². The molecule has 0 saturated carbocycles. The number of ether oxygens (including phenoxy) is 2. The van der Waals surface area contributed by atoms with E-state index in [-0.39, 0.29) is 23.6 Å². The van der Waals surface area contributed by atoms with Crippen LogP contribution in [0.4, 0.5) is 20.3 Å². The second kappa shape index (κ2) is 12.6. The Morgan fingerprint density at radius 1 is 0.935 bits per heavy atom. The van der Waals surface area contributed by atoms with Gasteiger partial charge in [0.2, 0.25) is 5.43 Å². The lowest BCUT2D eigenvalue weighted by Gasteiger charge is -2.18. The summed E-state index contributed by atoms with van der Waals surface area (Å²) in [6.45, 7) is 6.10. The lowest BCUT2D eigenvalue weighted by molar-refractivity contribution is 0.0285. The zero-order chi connectivity index (χ0) is 32.4. The molecule has 0 amide bonds. The highest BCUT2D eigenvalue weighted by atomic mass is 19.1. The molecule has 0 atom stereocenters. The largest absolute Gasteiger partial charge is 0.491 e. The fourth-order valence-corrected chi connectivity index (χ4v) is 5.15. The number of anilines is 2. The first-order valence-electron chi connectivity index (χ1n) is 14.9. The number of aliphatic hydroxyl groups is 1. The molecule has 0 radical (unpaired) electrons. The molecule has 234 valence electrons. The third-order valence-electron chi connectivity index (χ3n) is 7.30. The normalized spacial score (nSPS) is 11.6. The van der Waals surface area contributed by atoms with Crippen LogP contribution in [0.1, 0.15) is 27.2 Å². The maximum absolute atomic E-state index is 15.4. The number of aromatic nitrogens is 3. The molecule has 0 aliphatic heterocycles. The summed E-state index contributed by atoms with van der Waals surface area (Å²) >= 11 is 0. The quantitative estimate of drug-likeness (QED) is 0.160. The van der Waals surface area contributed by atoms with E-state index in [0.717, 1.165) is 6.42 Å². The molecular weight excluding hydrogens is 590 g/mol. The van der Waals surface area contributed by atoms with E-state index < -0.39 is 17.2 Å². The summed E-state index contributed by atoms with van der Waals surface area (Å²) in [5.41, 5.74) is 1.36. The molecule has 3 aromatic carbocycles. The van der Waals surface area contributed by atoms with Gasteiger partial charge in [-0.25, -0.2) is 13.8 Å². The summed E-state index contributed by atoms with van der Waals surface area (Å²) < 4.78 is 42.7. The Hall–Kier alpha value is -5.35. The van der Waals surface area contributed by atoms with Crippen LogP contribution >= 0.6 is 0 Å². The van der Waals surface area contributed by atoms with E-state index in [1.165, 1.54) is 24.3 Å². The molecule has 2 N–H and O–H groups in total. The number of hydrogen-bond donors (Lipinski definition) is 2. The summed E-state index contributed by atoms with van der Waals surface area (Å²) in [6, 6.07) is 18.8. The van der Waals surface area contributed by atoms with E-state index in [2.05, 4.69) is 15.3 Å². The summed E-state index contributed by atoms with van der Waals surface area (Å²) in [5, 5.41) is 14.1. The van der Waals surface area contributed by atoms with Gasteiger partial charge in [0, 0.05) is 53.9 Å². The number of halogens is 2. The molecule has 3 aromatic heterocycles. The molecule has 0 aliphatic rings. The maximum atomic E-state index is 15.4. The smallest absolute Gasteiger partial charge is 0.200 e. The first-order valence-corrected chi connectivity index (χ1v) is 14.9. The topological polar surface area (TPSA) is 98.5 Å². The minimum absolute atomic E-state index is 0.00446. The van der Waals surface area contributed by atoms with Gasteiger partial charge >= 0.3 is 0 Å². The number of aryl methyl sites for hydroxylation is 1. The molecular formula is C36H32F2N4O4. The summed E-state index contributed by atoms with van der Waals surface area (Å²) in [7, 11) is 0. The van der Waals surface area contributed by atoms with Crippen LogP contribution in [0.25, 0.3) is 32.9 Å². The van der Waals surface area contributed by atoms with Crippen LogP contribution in [-0.2, 0) is 6.54 Å². The highest BCUT2D eigenvalue weighted by Crippen LogP contribution is 2.34. The van der Waals surface area contributed by atoms with Crippen LogP contribution in [0.2, 0.25) is 0 Å². The highest BCUT2D eigenvalue weighted by molar-refractivity contribution is 5.94. The van der Waals surface area contributed by atoms with Gasteiger partial charge in [-0.05, 0) is 74.4 Å². The molecule has 0 spiro atoms. The molecule has 6 rings (SSSR count). The Labute approximate surface area is 263 Å². The Balaban J connectivity index is 1.30. The van der Waals surface area contributed by atoms with Gasteiger partial charge in [0.05, 0.1) is 22.0 Å². The molecule has 0 saturated heterocycles. The van der Waals surface area contributed by atoms with Crippen LogP contribution in [-0.4, -0.2) is 31.8 Å². The molecule has 46 heavy (non-hydrogen) atoms. The average Bonchev–Trinajstić information content (AvgIpc) is 3.03. The standard InChI is InChI=1S/C36H32F2N4O4/c1-4-17-42-20-27(22-5-7-23(37)8-6-22)34(43)33-30(42)13-15-40-35(33)41-24-9-12-32(28(38)18-24)46-31-14-16-39-29-19-25(10-11-26(29)31)45-21-36(2,3)44/h5-16,18-20,44H,4,17,21H2,1-3H3,(H,40,41). The Morgan fingerprint density at radius 3 is 2.46 bits per heavy atom. The van der Waals surface area contributed by atoms with Gasteiger partial charge in [-0.2, -0.15) is 0 Å². The Morgan fingerprint density at radius 2 is 1.72 bits per heavy atom. The lowest BCUT2D eigenvalue weighted by atomic mass is 10.0. The zero-order valence-corrected chi connectivity index (χ0v) is 25.6. The molecule has 8 nitrogen and oxygen atoms in total. The van der Waals surface area contributed by atoms with E-state index >= 15 is 4.39 Å². The Kier molecular flexibility index (Phi) is 8.38. The highest BCUT2D eigenvalue weighted by Gasteiger charge is 2.17. The summed E-state index contributed by atoms with van der Waals surface area (Å²) in [4.78, 5) is 22.6. The van der Waals surface area contributed by atoms with Crippen molar-refractivity contribution in [2.24, 2.45) is 0 Å². The van der Waals surface area contributed by atoms with Crippen LogP contribution in [0, 0.1) is 11.6 Å². The number of benzene rings is 3. The molecule has 0 aliphatic carbocycles. The second-order valence-electron chi connectivity index (χ2n) is 11.6. The lowest BCUT2D eigenvalue weighted by Crippen LogP contribution is -2.27. The van der Waals surface area contributed by atoms with Crippen LogP contribution in [0.15, 0.2) is 96.2 Å². The molecule has 6 aromatic rings. The van der Waals surface area contributed by atoms with Gasteiger partial charge in [-0.1, -0.05) is 19.1 Å². The minimum atomic E-state index is -0.989. The van der Waals surface area contributed by atoms with Crippen LogP contribution in [0.5, 0.6) is 17.2 Å². The van der Waals surface area contributed by atoms with Gasteiger partial charge in [0.1, 0.15) is 29.7 Å². The van der Waals surface area contributed by atoms with Crippen molar-refractivity contribution >= 4 is 33.3 Å². The second-order valence-corrected chi connectivity index (χ2v) is 11.6. The number of fused-ring (bicyclic) bond motifs is 2. The fourth-order valence-electron chi connectivity index (χ4n) is 5.15. The molecule has 10 heteroatoms. The molecule has 0 unspecified atom stereocenters. The first-order chi connectivity index (χ1) is 22.1. The van der Waals surface area contributed by atoms with E-state index in [0.29, 0.717) is 56.7 Å². The van der Waals surface area contributed by atoms with Crippen molar-refractivity contribution in [1.29, 1.82) is 0 Å². The molecule has 3 heterocycles. The van der Waals surface area contributed by atoms with Crippen molar-refractivity contribution in [3.8, 4) is 28.4 Å². The van der Waals surface area contributed by atoms with Gasteiger partial charge in [-0.3, -0.25) is 9.78 Å². The number of hydrogen-bond acceptors (Lipinski definition) is 7. The van der Waals surface area contributed by atoms with Crippen molar-refractivity contribution in [3.63, 3.8) is 0 Å². The predicted molar refractivity (Wildman–Crippen MR) is 175 cm³/mol. The van der Waals surface area contributed by atoms with Gasteiger partial charge < -0.3 is 24.5 Å². The average molecular weight is 623 g/mol. The van der Waals surface area contributed by atoms with E-state index in [1.54, 1.807) is 81.0 Å². The first kappa shape index (κ1) is 30.7. The summed E-state index contributed by atoms with van der Waals surface area (Å²) in [5.74, 6) is 0.183. The number of pyridine rings is 3. The molecule has 0 fully saturated rings. The van der Waals surface area contributed by atoms with Crippen molar-refractivity contribution in [2.75, 3.05) is 11.9 Å². The number of nitrogens with zero attached hydrogens (tertiary/aromatic N) is 3. The minimum Gasteiger partial charge on any atom is -0.491 e. The fraction of sp³-hybridized carbons (Fsp3) is 0.194. The van der Waals surface area contributed by atoms with E-state index in [9.17, 15) is 14.3 Å². The van der Waals surface area contributed by atoms with Gasteiger partial charge in [0.15, 0.2) is 11.6 Å². The molecule has 0 bridgehead atoms. The number of nitrogens with one attached hydrogen (secondary N) is 1. The maximum Gasteiger partial charge on any atom is 0.200 e. The SMILES string of the molecule is CCCn1cc(-c2ccc(F)cc2)c(=O)c2c(Nc3ccc(Oc4ccnc5cc(OCC(C)(C)O)ccc45)c(F)c3)nccc21. The predicted octanol–water partition coefficient (Wildman–Crippen LogP) is 7.99. The Bertz CT molecular complexity index is 2110. The van der Waals surface area contributed by atoms with Gasteiger partial charge in [0.25, 0.3) is 0 Å². The monoisotopic (exact) mass is 622 g/mol. The van der Waals surface area contributed by atoms with Gasteiger partial charge in [-0.15, -0.1) is 0 Å². The van der Waals surface area contributed by atoms with E-state index in [4.69, 9.17) is 9.47 Å². The van der Waals surface area contributed by atoms with Crippen molar-refractivity contribution < 1.29 is 23.4 Å².